The van der Waals surface area contributed by atoms with Crippen molar-refractivity contribution >= 4 is 0 Å². The zero-order chi connectivity index (χ0) is 10.4. The molecule has 0 radical (unpaired) electrons. The largest absolute Gasteiger partial charge is 0.394 e. The number of aliphatic hydroxyl groups excluding tert-OH is 2. The fourth-order valence-corrected chi connectivity index (χ4v) is 1.58. The summed E-state index contributed by atoms with van der Waals surface area (Å²) in [5, 5.41) is 18.1. The predicted molar refractivity (Wildman–Crippen MR) is 55.0 cm³/mol. The highest BCUT2D eigenvalue weighted by Gasteiger charge is 2.13. The van der Waals surface area contributed by atoms with Gasteiger partial charge in [-0.1, -0.05) is 6.92 Å². The van der Waals surface area contributed by atoms with Crippen LogP contribution in [0.15, 0.2) is 24.5 Å². The lowest BCUT2D eigenvalue weighted by atomic mass is 9.92. The van der Waals surface area contributed by atoms with Crippen molar-refractivity contribution in [3.8, 4) is 0 Å². The van der Waals surface area contributed by atoms with Crippen molar-refractivity contribution in [2.75, 3.05) is 6.61 Å². The first kappa shape index (κ1) is 11.1. The van der Waals surface area contributed by atoms with Gasteiger partial charge < -0.3 is 10.2 Å². The molecule has 78 valence electrons. The standard InChI is InChI=1S/C11H17NO2/c1-2-9(7-11(14)8-13)10-3-5-12-6-4-10/h3-6,9,11,13-14H,2,7-8H2,1H3. The topological polar surface area (TPSA) is 53.4 Å². The summed E-state index contributed by atoms with van der Waals surface area (Å²) < 4.78 is 0. The van der Waals surface area contributed by atoms with E-state index in [0.29, 0.717) is 12.3 Å². The molecule has 3 heteroatoms. The number of hydrogen-bond acceptors (Lipinski definition) is 3. The van der Waals surface area contributed by atoms with Crippen LogP contribution >= 0.6 is 0 Å². The summed E-state index contributed by atoms with van der Waals surface area (Å²) in [6, 6.07) is 3.91. The average molecular weight is 195 g/mol. The fourth-order valence-electron chi connectivity index (χ4n) is 1.58. The van der Waals surface area contributed by atoms with Crippen molar-refractivity contribution in [3.63, 3.8) is 0 Å². The maximum Gasteiger partial charge on any atom is 0.0776 e. The Hall–Kier alpha value is -0.930. The third-order valence-electron chi connectivity index (χ3n) is 2.44. The highest BCUT2D eigenvalue weighted by molar-refractivity contribution is 5.15. The van der Waals surface area contributed by atoms with Crippen molar-refractivity contribution in [1.29, 1.82) is 0 Å². The second kappa shape index (κ2) is 5.73. The van der Waals surface area contributed by atoms with Gasteiger partial charge in [0.25, 0.3) is 0 Å². The fraction of sp³-hybridized carbons (Fsp3) is 0.545. The number of nitrogens with zero attached hydrogens (tertiary/aromatic N) is 1. The minimum Gasteiger partial charge on any atom is -0.394 e. The van der Waals surface area contributed by atoms with Crippen LogP contribution in [-0.2, 0) is 0 Å². The van der Waals surface area contributed by atoms with Crippen LogP contribution in [0, 0.1) is 0 Å². The van der Waals surface area contributed by atoms with Gasteiger partial charge in [-0.25, -0.2) is 0 Å². The maximum absolute atomic E-state index is 9.36. The molecule has 2 atom stereocenters. The molecule has 1 heterocycles. The second-order valence-corrected chi connectivity index (χ2v) is 3.46. The van der Waals surface area contributed by atoms with Crippen LogP contribution in [0.5, 0.6) is 0 Å². The number of pyridine rings is 1. The van der Waals surface area contributed by atoms with Crippen molar-refractivity contribution in [3.05, 3.63) is 30.1 Å². The molecule has 3 nitrogen and oxygen atoms in total. The third kappa shape index (κ3) is 3.09. The summed E-state index contributed by atoms with van der Waals surface area (Å²) in [6.45, 7) is 1.91. The highest BCUT2D eigenvalue weighted by atomic mass is 16.3. The van der Waals surface area contributed by atoms with Gasteiger partial charge in [-0.3, -0.25) is 4.98 Å². The van der Waals surface area contributed by atoms with E-state index in [2.05, 4.69) is 11.9 Å². The molecule has 0 aromatic carbocycles. The van der Waals surface area contributed by atoms with E-state index in [0.717, 1.165) is 6.42 Å². The molecule has 1 aromatic heterocycles. The van der Waals surface area contributed by atoms with E-state index in [1.807, 2.05) is 12.1 Å². The molecule has 0 aliphatic heterocycles. The molecule has 0 aliphatic rings. The van der Waals surface area contributed by atoms with Crippen molar-refractivity contribution in [2.24, 2.45) is 0 Å². The maximum atomic E-state index is 9.36. The number of hydrogen-bond donors (Lipinski definition) is 2. The van der Waals surface area contributed by atoms with Crippen LogP contribution in [0.25, 0.3) is 0 Å². The second-order valence-electron chi connectivity index (χ2n) is 3.46. The minimum absolute atomic E-state index is 0.165. The predicted octanol–water partition coefficient (Wildman–Crippen LogP) is 1.32. The van der Waals surface area contributed by atoms with Crippen LogP contribution < -0.4 is 0 Å². The molecule has 14 heavy (non-hydrogen) atoms. The average Bonchev–Trinajstić information content (AvgIpc) is 2.26. The molecule has 0 saturated carbocycles. The van der Waals surface area contributed by atoms with Crippen LogP contribution in [0.2, 0.25) is 0 Å². The molecule has 1 rings (SSSR count). The highest BCUT2D eigenvalue weighted by Crippen LogP contribution is 2.23. The lowest BCUT2D eigenvalue weighted by Gasteiger charge is -2.17. The molecule has 0 saturated heterocycles. The van der Waals surface area contributed by atoms with Crippen LogP contribution in [0.1, 0.15) is 31.2 Å². The van der Waals surface area contributed by atoms with Gasteiger partial charge in [-0.05, 0) is 36.5 Å². The van der Waals surface area contributed by atoms with E-state index in [-0.39, 0.29) is 6.61 Å². The number of aliphatic hydroxyl groups is 2. The summed E-state index contributed by atoms with van der Waals surface area (Å²) in [7, 11) is 0. The Kier molecular flexibility index (Phi) is 4.56. The molecule has 0 aliphatic carbocycles. The summed E-state index contributed by atoms with van der Waals surface area (Å²) in [6.07, 6.45) is 4.46. The van der Waals surface area contributed by atoms with Gasteiger partial charge in [0.15, 0.2) is 0 Å². The molecule has 1 aromatic rings. The summed E-state index contributed by atoms with van der Waals surface area (Å²) in [4.78, 5) is 3.95. The number of aromatic nitrogens is 1. The van der Waals surface area contributed by atoms with Gasteiger partial charge in [0.2, 0.25) is 0 Å². The van der Waals surface area contributed by atoms with Gasteiger partial charge in [0.1, 0.15) is 0 Å². The van der Waals surface area contributed by atoms with E-state index >= 15 is 0 Å². The first-order valence-electron chi connectivity index (χ1n) is 4.96. The molecule has 2 N–H and O–H groups in total. The van der Waals surface area contributed by atoms with Crippen LogP contribution in [0.4, 0.5) is 0 Å². The van der Waals surface area contributed by atoms with Crippen molar-refractivity contribution in [1.82, 2.24) is 4.98 Å². The Morgan fingerprint density at radius 1 is 1.36 bits per heavy atom. The SMILES string of the molecule is CCC(CC(O)CO)c1ccncc1. The zero-order valence-corrected chi connectivity index (χ0v) is 8.43. The molecule has 0 amide bonds. The van der Waals surface area contributed by atoms with E-state index in [1.165, 1.54) is 5.56 Å². The molecule has 0 spiro atoms. The Bertz CT molecular complexity index is 251. The van der Waals surface area contributed by atoms with Crippen molar-refractivity contribution < 1.29 is 10.2 Å². The van der Waals surface area contributed by atoms with E-state index < -0.39 is 6.10 Å². The summed E-state index contributed by atoms with van der Waals surface area (Å²) in [5.41, 5.74) is 1.18. The molecule has 0 bridgehead atoms. The Balaban J connectivity index is 2.63. The van der Waals surface area contributed by atoms with E-state index in [1.54, 1.807) is 12.4 Å². The smallest absolute Gasteiger partial charge is 0.0776 e. The number of rotatable bonds is 5. The lowest BCUT2D eigenvalue weighted by molar-refractivity contribution is 0.0817. The summed E-state index contributed by atoms with van der Waals surface area (Å²) >= 11 is 0. The summed E-state index contributed by atoms with van der Waals surface area (Å²) in [5.74, 6) is 0.306. The molecule has 2 unspecified atom stereocenters. The first-order valence-corrected chi connectivity index (χ1v) is 4.96. The Morgan fingerprint density at radius 2 is 2.00 bits per heavy atom. The van der Waals surface area contributed by atoms with Crippen LogP contribution in [0.3, 0.4) is 0 Å². The van der Waals surface area contributed by atoms with E-state index in [4.69, 9.17) is 5.11 Å². The third-order valence-corrected chi connectivity index (χ3v) is 2.44. The Labute approximate surface area is 84.4 Å². The lowest BCUT2D eigenvalue weighted by Crippen LogP contribution is -2.16. The monoisotopic (exact) mass is 195 g/mol. The van der Waals surface area contributed by atoms with Gasteiger partial charge in [0.05, 0.1) is 12.7 Å². The molecular formula is C11H17NO2. The zero-order valence-electron chi connectivity index (χ0n) is 8.43. The minimum atomic E-state index is -0.617. The van der Waals surface area contributed by atoms with Gasteiger partial charge in [0, 0.05) is 12.4 Å². The normalized spacial score (nSPS) is 15.1. The first-order chi connectivity index (χ1) is 6.77. The van der Waals surface area contributed by atoms with Gasteiger partial charge in [-0.15, -0.1) is 0 Å². The van der Waals surface area contributed by atoms with Crippen molar-refractivity contribution in [2.45, 2.75) is 31.8 Å². The van der Waals surface area contributed by atoms with Gasteiger partial charge >= 0.3 is 0 Å². The quantitative estimate of drug-likeness (QED) is 0.745. The molecular weight excluding hydrogens is 178 g/mol. The van der Waals surface area contributed by atoms with E-state index in [9.17, 15) is 5.11 Å². The van der Waals surface area contributed by atoms with Crippen LogP contribution in [-0.4, -0.2) is 27.9 Å². The van der Waals surface area contributed by atoms with Gasteiger partial charge in [-0.2, -0.15) is 0 Å². The Morgan fingerprint density at radius 3 is 2.50 bits per heavy atom. The molecule has 0 fully saturated rings.